The molecule has 1 aromatic rings. The zero-order valence-corrected chi connectivity index (χ0v) is 13.8. The maximum absolute atomic E-state index is 14.6. The van der Waals surface area contributed by atoms with Gasteiger partial charge in [-0.2, -0.15) is 0 Å². The van der Waals surface area contributed by atoms with Crippen LogP contribution in [0.2, 0.25) is 5.02 Å². The molecule has 0 heterocycles. The summed E-state index contributed by atoms with van der Waals surface area (Å²) in [4.78, 5) is 0. The van der Waals surface area contributed by atoms with E-state index in [9.17, 15) is 4.39 Å². The number of hydrogen-bond donors (Lipinski definition) is 1. The summed E-state index contributed by atoms with van der Waals surface area (Å²) in [6.45, 7) is 5.14. The first-order valence-corrected chi connectivity index (χ1v) is 8.52. The van der Waals surface area contributed by atoms with Crippen LogP contribution in [-0.4, -0.2) is 12.6 Å². The predicted octanol–water partition coefficient (Wildman–Crippen LogP) is 5.07. The maximum atomic E-state index is 14.6. The molecule has 2 saturated carbocycles. The van der Waals surface area contributed by atoms with Crippen molar-refractivity contribution < 1.29 is 4.39 Å². The van der Waals surface area contributed by atoms with E-state index in [2.05, 4.69) is 19.2 Å². The highest BCUT2D eigenvalue weighted by Crippen LogP contribution is 2.63. The van der Waals surface area contributed by atoms with Crippen LogP contribution in [0.1, 0.15) is 57.9 Å². The van der Waals surface area contributed by atoms with Crippen LogP contribution in [0, 0.1) is 11.2 Å². The molecule has 1 N–H and O–H groups in total. The zero-order valence-electron chi connectivity index (χ0n) is 13.0. The minimum atomic E-state index is -0.211. The Labute approximate surface area is 132 Å². The van der Waals surface area contributed by atoms with Crippen molar-refractivity contribution in [2.45, 2.75) is 63.8 Å². The summed E-state index contributed by atoms with van der Waals surface area (Å²) < 4.78 is 14.6. The third kappa shape index (κ3) is 2.73. The van der Waals surface area contributed by atoms with Gasteiger partial charge in [-0.1, -0.05) is 50.4 Å². The Hall–Kier alpha value is -0.600. The highest BCUT2D eigenvalue weighted by molar-refractivity contribution is 6.30. The SMILES string of the molecule is CC(C)NCC1(c2cccc(Cl)c2F)CC2(CCCC2)C1. The fourth-order valence-corrected chi connectivity index (χ4v) is 4.76. The van der Waals surface area contributed by atoms with Gasteiger partial charge in [-0.3, -0.25) is 0 Å². The number of hydrogen-bond acceptors (Lipinski definition) is 1. The lowest BCUT2D eigenvalue weighted by Crippen LogP contribution is -2.55. The molecule has 116 valence electrons. The van der Waals surface area contributed by atoms with E-state index in [1.807, 2.05) is 12.1 Å². The summed E-state index contributed by atoms with van der Waals surface area (Å²) in [5.41, 5.74) is 1.23. The van der Waals surface area contributed by atoms with Crippen molar-refractivity contribution >= 4 is 11.6 Å². The molecule has 2 aliphatic rings. The van der Waals surface area contributed by atoms with Crippen molar-refractivity contribution in [3.05, 3.63) is 34.6 Å². The van der Waals surface area contributed by atoms with E-state index < -0.39 is 0 Å². The van der Waals surface area contributed by atoms with Gasteiger partial charge in [0.2, 0.25) is 0 Å². The van der Waals surface area contributed by atoms with Crippen LogP contribution in [0.5, 0.6) is 0 Å². The molecule has 0 unspecified atom stereocenters. The van der Waals surface area contributed by atoms with Crippen LogP contribution in [-0.2, 0) is 5.41 Å². The number of nitrogens with one attached hydrogen (secondary N) is 1. The van der Waals surface area contributed by atoms with Gasteiger partial charge >= 0.3 is 0 Å². The molecular formula is C18H25ClFN. The van der Waals surface area contributed by atoms with E-state index >= 15 is 0 Å². The summed E-state index contributed by atoms with van der Waals surface area (Å²) in [7, 11) is 0. The Morgan fingerprint density at radius 3 is 2.52 bits per heavy atom. The first kappa shape index (κ1) is 15.3. The first-order valence-electron chi connectivity index (χ1n) is 8.14. The molecule has 1 aromatic carbocycles. The molecule has 3 rings (SSSR count). The summed E-state index contributed by atoms with van der Waals surface area (Å²) in [5.74, 6) is -0.211. The smallest absolute Gasteiger partial charge is 0.145 e. The van der Waals surface area contributed by atoms with Crippen molar-refractivity contribution in [3.8, 4) is 0 Å². The van der Waals surface area contributed by atoms with Crippen molar-refractivity contribution in [2.75, 3.05) is 6.54 Å². The molecule has 0 atom stereocenters. The Bertz CT molecular complexity index is 512. The average molecular weight is 310 g/mol. The van der Waals surface area contributed by atoms with Crippen LogP contribution >= 0.6 is 11.6 Å². The van der Waals surface area contributed by atoms with Crippen LogP contribution in [0.4, 0.5) is 4.39 Å². The van der Waals surface area contributed by atoms with Crippen LogP contribution in [0.15, 0.2) is 18.2 Å². The molecule has 2 fully saturated rings. The fraction of sp³-hybridized carbons (Fsp3) is 0.667. The summed E-state index contributed by atoms with van der Waals surface area (Å²) >= 11 is 6.02. The normalized spacial score (nSPS) is 22.7. The van der Waals surface area contributed by atoms with Gasteiger partial charge in [-0.05, 0) is 42.7 Å². The van der Waals surface area contributed by atoms with E-state index in [0.717, 1.165) is 24.9 Å². The molecule has 0 aliphatic heterocycles. The van der Waals surface area contributed by atoms with Crippen molar-refractivity contribution in [2.24, 2.45) is 5.41 Å². The maximum Gasteiger partial charge on any atom is 0.145 e. The molecule has 3 heteroatoms. The second-order valence-corrected chi connectivity index (χ2v) is 7.89. The average Bonchev–Trinajstić information content (AvgIpc) is 2.87. The first-order chi connectivity index (χ1) is 9.96. The molecule has 0 amide bonds. The van der Waals surface area contributed by atoms with Crippen LogP contribution in [0.25, 0.3) is 0 Å². The monoisotopic (exact) mass is 309 g/mol. The van der Waals surface area contributed by atoms with E-state index in [4.69, 9.17) is 11.6 Å². The molecule has 0 bridgehead atoms. The molecule has 1 spiro atoms. The number of benzene rings is 1. The minimum absolute atomic E-state index is 0.0659. The van der Waals surface area contributed by atoms with Crippen molar-refractivity contribution in [1.82, 2.24) is 5.32 Å². The van der Waals surface area contributed by atoms with E-state index in [-0.39, 0.29) is 16.3 Å². The number of halogens is 2. The lowest BCUT2D eigenvalue weighted by atomic mass is 9.49. The van der Waals surface area contributed by atoms with Gasteiger partial charge in [0.05, 0.1) is 5.02 Å². The largest absolute Gasteiger partial charge is 0.314 e. The summed E-state index contributed by atoms with van der Waals surface area (Å²) in [6, 6.07) is 5.89. The Kier molecular flexibility index (Phi) is 4.04. The van der Waals surface area contributed by atoms with Crippen molar-refractivity contribution in [3.63, 3.8) is 0 Å². The second kappa shape index (κ2) is 5.55. The molecule has 0 radical (unpaired) electrons. The number of rotatable bonds is 4. The van der Waals surface area contributed by atoms with Gasteiger partial charge in [0, 0.05) is 18.0 Å². The Morgan fingerprint density at radius 1 is 1.24 bits per heavy atom. The Balaban J connectivity index is 1.88. The third-order valence-electron chi connectivity index (χ3n) is 5.46. The molecule has 21 heavy (non-hydrogen) atoms. The van der Waals surface area contributed by atoms with Gasteiger partial charge in [0.25, 0.3) is 0 Å². The molecule has 0 saturated heterocycles. The molecule has 2 aliphatic carbocycles. The van der Waals surface area contributed by atoms with E-state index in [1.165, 1.54) is 25.7 Å². The third-order valence-corrected chi connectivity index (χ3v) is 5.75. The Morgan fingerprint density at radius 2 is 1.90 bits per heavy atom. The van der Waals surface area contributed by atoms with Gasteiger partial charge in [0.1, 0.15) is 5.82 Å². The summed E-state index contributed by atoms with van der Waals surface area (Å²) in [6.07, 6.45) is 7.53. The lowest BCUT2D eigenvalue weighted by Gasteiger charge is -2.56. The van der Waals surface area contributed by atoms with Crippen LogP contribution < -0.4 is 5.32 Å². The fourth-order valence-electron chi connectivity index (χ4n) is 4.59. The van der Waals surface area contributed by atoms with Gasteiger partial charge in [-0.15, -0.1) is 0 Å². The van der Waals surface area contributed by atoms with Gasteiger partial charge < -0.3 is 5.32 Å². The topological polar surface area (TPSA) is 12.0 Å². The summed E-state index contributed by atoms with van der Waals surface area (Å²) in [5, 5.41) is 3.78. The zero-order chi connectivity index (χ0) is 15.1. The highest BCUT2D eigenvalue weighted by Gasteiger charge is 2.56. The quantitative estimate of drug-likeness (QED) is 0.819. The van der Waals surface area contributed by atoms with Gasteiger partial charge in [-0.25, -0.2) is 4.39 Å². The molecular weight excluding hydrogens is 285 g/mol. The van der Waals surface area contributed by atoms with Crippen molar-refractivity contribution in [1.29, 1.82) is 0 Å². The second-order valence-electron chi connectivity index (χ2n) is 7.48. The standard InChI is InChI=1S/C18H25ClFN/c1-13(2)21-12-18(10-17(11-18)8-3-4-9-17)14-6-5-7-15(19)16(14)20/h5-7,13,21H,3-4,8-12H2,1-2H3. The van der Waals surface area contributed by atoms with Crippen LogP contribution in [0.3, 0.4) is 0 Å². The predicted molar refractivity (Wildman–Crippen MR) is 86.4 cm³/mol. The minimum Gasteiger partial charge on any atom is -0.314 e. The van der Waals surface area contributed by atoms with E-state index in [1.54, 1.807) is 6.07 Å². The molecule has 1 nitrogen and oxygen atoms in total. The highest BCUT2D eigenvalue weighted by atomic mass is 35.5. The van der Waals surface area contributed by atoms with E-state index in [0.29, 0.717) is 11.5 Å². The lowest BCUT2D eigenvalue weighted by molar-refractivity contribution is 0.0235. The molecule has 0 aromatic heterocycles. The van der Waals surface area contributed by atoms with Gasteiger partial charge in [0.15, 0.2) is 0 Å².